The van der Waals surface area contributed by atoms with Gasteiger partial charge in [-0.05, 0) is 19.3 Å². The molecule has 0 aromatic heterocycles. The summed E-state index contributed by atoms with van der Waals surface area (Å²) in [6, 6.07) is 0. The number of hydrogen-bond acceptors (Lipinski definition) is 4. The highest BCUT2D eigenvalue weighted by atomic mass is 16.4. The number of carbonyl (C=O) groups excluding carboxylic acids is 2. The van der Waals surface area contributed by atoms with Crippen LogP contribution in [0.2, 0.25) is 0 Å². The van der Waals surface area contributed by atoms with Crippen LogP contribution in [0, 0.1) is 11.8 Å². The number of Topliss-reactive ketones (excluding diaryl/α,β-unsaturated/α-hetero) is 2. The van der Waals surface area contributed by atoms with E-state index in [2.05, 4.69) is 6.92 Å². The molecular formula is C20H32O5. The lowest BCUT2D eigenvalue weighted by atomic mass is 9.89. The molecule has 0 amide bonds. The Hall–Kier alpha value is -1.49. The number of aliphatic carboxylic acids is 1. The van der Waals surface area contributed by atoms with Crippen LogP contribution < -0.4 is 0 Å². The first-order valence-corrected chi connectivity index (χ1v) is 9.59. The fourth-order valence-electron chi connectivity index (χ4n) is 3.37. The Kier molecular flexibility index (Phi) is 10.3. The van der Waals surface area contributed by atoms with Crippen molar-refractivity contribution < 1.29 is 24.6 Å². The van der Waals surface area contributed by atoms with E-state index in [1.54, 1.807) is 12.2 Å². The van der Waals surface area contributed by atoms with E-state index in [4.69, 9.17) is 5.11 Å². The summed E-state index contributed by atoms with van der Waals surface area (Å²) in [7, 11) is 0. The molecule has 0 bridgehead atoms. The Bertz CT molecular complexity index is 469. The van der Waals surface area contributed by atoms with Crippen molar-refractivity contribution in [3.05, 3.63) is 12.2 Å². The van der Waals surface area contributed by atoms with Crippen molar-refractivity contribution in [3.8, 4) is 0 Å². The van der Waals surface area contributed by atoms with Crippen LogP contribution in [-0.4, -0.2) is 33.9 Å². The molecule has 25 heavy (non-hydrogen) atoms. The minimum atomic E-state index is -0.778. The van der Waals surface area contributed by atoms with Gasteiger partial charge in [-0.2, -0.15) is 0 Å². The number of carboxylic acid groups (broad SMARTS) is 1. The Morgan fingerprint density at radius 1 is 1.12 bits per heavy atom. The molecule has 0 spiro atoms. The molecule has 5 nitrogen and oxygen atoms in total. The van der Waals surface area contributed by atoms with Crippen LogP contribution >= 0.6 is 0 Å². The van der Waals surface area contributed by atoms with Crippen molar-refractivity contribution in [2.75, 3.05) is 0 Å². The number of unbranched alkanes of at least 4 members (excludes halogenated alkanes) is 5. The van der Waals surface area contributed by atoms with Crippen molar-refractivity contribution in [2.45, 2.75) is 83.7 Å². The zero-order valence-electron chi connectivity index (χ0n) is 15.3. The topological polar surface area (TPSA) is 91.7 Å². The molecule has 1 saturated carbocycles. The molecule has 2 N–H and O–H groups in total. The zero-order chi connectivity index (χ0) is 18.7. The van der Waals surface area contributed by atoms with Crippen molar-refractivity contribution in [3.63, 3.8) is 0 Å². The summed E-state index contributed by atoms with van der Waals surface area (Å²) >= 11 is 0. The molecule has 0 radical (unpaired) electrons. The molecule has 5 heteroatoms. The molecule has 0 saturated heterocycles. The lowest BCUT2D eigenvalue weighted by molar-refractivity contribution is -0.137. The Morgan fingerprint density at radius 3 is 2.52 bits per heavy atom. The summed E-state index contributed by atoms with van der Waals surface area (Å²) < 4.78 is 0. The molecule has 0 aromatic carbocycles. The maximum absolute atomic E-state index is 12.1. The predicted octanol–water partition coefficient (Wildman–Crippen LogP) is 3.68. The normalized spacial score (nSPS) is 22.0. The van der Waals surface area contributed by atoms with E-state index in [1.165, 1.54) is 0 Å². The highest BCUT2D eigenvalue weighted by molar-refractivity contribution is 6.09. The van der Waals surface area contributed by atoms with E-state index >= 15 is 0 Å². The SMILES string of the molecule is CCCCC[C@H](O)C=C[C@H]1C(=O)CC(=O)[C@@H]1CCCCCCC(=O)O. The molecule has 1 aliphatic carbocycles. The van der Waals surface area contributed by atoms with Crippen LogP contribution in [0.15, 0.2) is 12.2 Å². The molecule has 0 unspecified atom stereocenters. The lowest BCUT2D eigenvalue weighted by Gasteiger charge is -2.14. The number of carboxylic acids is 1. The summed E-state index contributed by atoms with van der Waals surface area (Å²) in [4.78, 5) is 34.6. The van der Waals surface area contributed by atoms with Crippen LogP contribution in [0.25, 0.3) is 0 Å². The number of ketones is 2. The van der Waals surface area contributed by atoms with Crippen LogP contribution in [0.4, 0.5) is 0 Å². The van der Waals surface area contributed by atoms with E-state index in [9.17, 15) is 19.5 Å². The first kappa shape index (κ1) is 21.6. The Labute approximate surface area is 150 Å². The van der Waals surface area contributed by atoms with Gasteiger partial charge in [0.2, 0.25) is 0 Å². The second-order valence-electron chi connectivity index (χ2n) is 7.04. The molecule has 142 valence electrons. The van der Waals surface area contributed by atoms with Gasteiger partial charge in [0.1, 0.15) is 11.6 Å². The Morgan fingerprint density at radius 2 is 1.84 bits per heavy atom. The van der Waals surface area contributed by atoms with Gasteiger partial charge in [-0.25, -0.2) is 0 Å². The maximum Gasteiger partial charge on any atom is 0.303 e. The van der Waals surface area contributed by atoms with Crippen molar-refractivity contribution in [1.82, 2.24) is 0 Å². The van der Waals surface area contributed by atoms with Gasteiger partial charge in [0.05, 0.1) is 12.5 Å². The smallest absolute Gasteiger partial charge is 0.303 e. The van der Waals surface area contributed by atoms with E-state index in [0.717, 1.165) is 38.5 Å². The molecule has 1 fully saturated rings. The molecule has 0 heterocycles. The second kappa shape index (κ2) is 12.0. The van der Waals surface area contributed by atoms with Crippen LogP contribution in [0.1, 0.15) is 77.6 Å². The van der Waals surface area contributed by atoms with Gasteiger partial charge >= 0.3 is 5.97 Å². The van der Waals surface area contributed by atoms with Crippen molar-refractivity contribution in [1.29, 1.82) is 0 Å². The Balaban J connectivity index is 2.40. The number of carbonyl (C=O) groups is 3. The summed E-state index contributed by atoms with van der Waals surface area (Å²) in [6.07, 6.45) is 10.7. The van der Waals surface area contributed by atoms with Crippen LogP contribution in [0.5, 0.6) is 0 Å². The van der Waals surface area contributed by atoms with Crippen LogP contribution in [0.3, 0.4) is 0 Å². The molecule has 0 aromatic rings. The summed E-state index contributed by atoms with van der Waals surface area (Å²) in [5, 5.41) is 18.6. The van der Waals surface area contributed by atoms with E-state index in [0.29, 0.717) is 19.3 Å². The first-order chi connectivity index (χ1) is 12.0. The van der Waals surface area contributed by atoms with Crippen LogP contribution in [-0.2, 0) is 14.4 Å². The molecular weight excluding hydrogens is 320 g/mol. The summed E-state index contributed by atoms with van der Waals surface area (Å²) in [5.74, 6) is -1.48. The third kappa shape index (κ3) is 8.43. The summed E-state index contributed by atoms with van der Waals surface area (Å²) in [6.45, 7) is 2.11. The standard InChI is InChI=1S/C20H32O5/c1-2-3-6-9-15(21)12-13-17-16(18(22)14-19(17)23)10-7-4-5-8-11-20(24)25/h12-13,15-17,21H,2-11,14H2,1H3,(H,24,25)/t15-,16+,17+/m0/s1. The number of allylic oxidation sites excluding steroid dienone is 1. The first-order valence-electron chi connectivity index (χ1n) is 9.59. The third-order valence-electron chi connectivity index (χ3n) is 4.87. The average molecular weight is 352 g/mol. The average Bonchev–Trinajstić information content (AvgIpc) is 2.82. The quantitative estimate of drug-likeness (QED) is 0.300. The molecule has 1 aliphatic rings. The second-order valence-corrected chi connectivity index (χ2v) is 7.04. The minimum Gasteiger partial charge on any atom is -0.481 e. The van der Waals surface area contributed by atoms with Gasteiger partial charge in [-0.15, -0.1) is 0 Å². The monoisotopic (exact) mass is 352 g/mol. The van der Waals surface area contributed by atoms with E-state index in [-0.39, 0.29) is 30.3 Å². The molecule has 3 atom stereocenters. The largest absolute Gasteiger partial charge is 0.481 e. The van der Waals surface area contributed by atoms with Gasteiger partial charge in [0.15, 0.2) is 0 Å². The highest BCUT2D eigenvalue weighted by Gasteiger charge is 2.39. The van der Waals surface area contributed by atoms with E-state index < -0.39 is 18.0 Å². The van der Waals surface area contributed by atoms with Gasteiger partial charge in [-0.1, -0.05) is 57.6 Å². The summed E-state index contributed by atoms with van der Waals surface area (Å²) in [5.41, 5.74) is 0. The van der Waals surface area contributed by atoms with Gasteiger partial charge in [0.25, 0.3) is 0 Å². The maximum atomic E-state index is 12.1. The lowest BCUT2D eigenvalue weighted by Crippen LogP contribution is -2.16. The molecule has 0 aliphatic heterocycles. The van der Waals surface area contributed by atoms with Crippen molar-refractivity contribution >= 4 is 17.5 Å². The number of rotatable bonds is 13. The fraction of sp³-hybridized carbons (Fsp3) is 0.750. The number of aliphatic hydroxyl groups excluding tert-OH is 1. The fourth-order valence-corrected chi connectivity index (χ4v) is 3.37. The minimum absolute atomic E-state index is 0.00458. The predicted molar refractivity (Wildman–Crippen MR) is 96.2 cm³/mol. The highest BCUT2D eigenvalue weighted by Crippen LogP contribution is 2.31. The van der Waals surface area contributed by atoms with Gasteiger partial charge in [-0.3, -0.25) is 14.4 Å². The van der Waals surface area contributed by atoms with Crippen molar-refractivity contribution in [2.24, 2.45) is 11.8 Å². The zero-order valence-corrected chi connectivity index (χ0v) is 15.3. The van der Waals surface area contributed by atoms with Gasteiger partial charge in [0, 0.05) is 18.3 Å². The number of aliphatic hydroxyl groups is 1. The molecule has 1 rings (SSSR count). The number of hydrogen-bond donors (Lipinski definition) is 2. The third-order valence-corrected chi connectivity index (χ3v) is 4.87. The van der Waals surface area contributed by atoms with E-state index in [1.807, 2.05) is 0 Å². The van der Waals surface area contributed by atoms with Gasteiger partial charge < -0.3 is 10.2 Å².